The molecule has 3 rings (SSSR count). The molecular formula is C15H12I2. The summed E-state index contributed by atoms with van der Waals surface area (Å²) in [6.07, 6.45) is 0. The summed E-state index contributed by atoms with van der Waals surface area (Å²) >= 11 is 5.06. The van der Waals surface area contributed by atoms with Crippen LogP contribution in [0, 0.1) is 0 Å². The zero-order chi connectivity index (χ0) is 11.9. The Balaban J connectivity index is 2.38. The Hall–Kier alpha value is -0.1000. The van der Waals surface area contributed by atoms with Crippen LogP contribution in [-0.2, 0) is 5.41 Å². The summed E-state index contributed by atoms with van der Waals surface area (Å²) in [7, 11) is 0. The minimum atomic E-state index is 0.217. The van der Waals surface area contributed by atoms with Gasteiger partial charge in [0.2, 0.25) is 0 Å². The monoisotopic (exact) mass is 446 g/mol. The van der Waals surface area contributed by atoms with Gasteiger partial charge in [-0.15, -0.1) is 0 Å². The highest BCUT2D eigenvalue weighted by Crippen LogP contribution is 2.50. The first-order valence-electron chi connectivity index (χ1n) is 5.65. The average molecular weight is 446 g/mol. The summed E-state index contributed by atoms with van der Waals surface area (Å²) in [5.41, 5.74) is 6.08. The van der Waals surface area contributed by atoms with Crippen LogP contribution in [0.1, 0.15) is 11.1 Å². The number of hydrogen-bond donors (Lipinski definition) is 0. The molecule has 0 aliphatic heterocycles. The predicted octanol–water partition coefficient (Wildman–Crippen LogP) is 4.82. The van der Waals surface area contributed by atoms with E-state index in [1.54, 1.807) is 0 Å². The van der Waals surface area contributed by atoms with Crippen molar-refractivity contribution in [3.8, 4) is 11.1 Å². The molecule has 0 radical (unpaired) electrons. The van der Waals surface area contributed by atoms with E-state index in [-0.39, 0.29) is 5.41 Å². The van der Waals surface area contributed by atoms with Crippen molar-refractivity contribution in [3.63, 3.8) is 0 Å². The molecule has 0 atom stereocenters. The molecular weight excluding hydrogens is 434 g/mol. The molecule has 0 nitrogen and oxygen atoms in total. The summed E-state index contributed by atoms with van der Waals surface area (Å²) in [6, 6.07) is 17.7. The third-order valence-electron chi connectivity index (χ3n) is 3.63. The number of benzene rings is 2. The lowest BCUT2D eigenvalue weighted by atomic mass is 9.82. The van der Waals surface area contributed by atoms with Gasteiger partial charge in [0.05, 0.1) is 0 Å². The van der Waals surface area contributed by atoms with E-state index in [2.05, 4.69) is 93.7 Å². The van der Waals surface area contributed by atoms with Crippen molar-refractivity contribution in [1.29, 1.82) is 0 Å². The SMILES string of the molecule is ICC1(CI)c2ccccc2-c2ccccc21. The fraction of sp³-hybridized carbons (Fsp3) is 0.200. The first-order chi connectivity index (χ1) is 8.33. The second-order valence-corrected chi connectivity index (χ2v) is 5.97. The Morgan fingerprint density at radius 2 is 1.12 bits per heavy atom. The van der Waals surface area contributed by atoms with Crippen molar-refractivity contribution in [2.75, 3.05) is 8.86 Å². The van der Waals surface area contributed by atoms with Crippen LogP contribution >= 0.6 is 45.2 Å². The molecule has 0 amide bonds. The van der Waals surface area contributed by atoms with Gasteiger partial charge in [0.25, 0.3) is 0 Å². The molecule has 0 N–H and O–H groups in total. The zero-order valence-electron chi connectivity index (χ0n) is 9.29. The normalized spacial score (nSPS) is 15.4. The Morgan fingerprint density at radius 1 is 0.706 bits per heavy atom. The standard InChI is InChI=1S/C15H12I2/c16-9-15(10-17)13-7-3-1-5-11(13)12-6-2-4-8-14(12)15/h1-8H,9-10H2. The van der Waals surface area contributed by atoms with E-state index in [0.717, 1.165) is 8.86 Å². The summed E-state index contributed by atoms with van der Waals surface area (Å²) < 4.78 is 2.28. The molecule has 1 aliphatic rings. The molecule has 0 unspecified atom stereocenters. The van der Waals surface area contributed by atoms with Crippen molar-refractivity contribution < 1.29 is 0 Å². The maximum Gasteiger partial charge on any atom is 0.0393 e. The number of hydrogen-bond acceptors (Lipinski definition) is 0. The third kappa shape index (κ3) is 1.59. The van der Waals surface area contributed by atoms with Gasteiger partial charge in [-0.05, 0) is 22.3 Å². The molecule has 0 aromatic heterocycles. The molecule has 86 valence electrons. The van der Waals surface area contributed by atoms with Gasteiger partial charge in [0, 0.05) is 14.3 Å². The van der Waals surface area contributed by atoms with Gasteiger partial charge >= 0.3 is 0 Å². The molecule has 2 aromatic rings. The highest BCUT2D eigenvalue weighted by Gasteiger charge is 2.40. The molecule has 0 bridgehead atoms. The van der Waals surface area contributed by atoms with Gasteiger partial charge < -0.3 is 0 Å². The second-order valence-electron chi connectivity index (χ2n) is 4.44. The Kier molecular flexibility index (Phi) is 3.19. The van der Waals surface area contributed by atoms with Crippen molar-refractivity contribution in [2.45, 2.75) is 5.41 Å². The van der Waals surface area contributed by atoms with Crippen molar-refractivity contribution in [1.82, 2.24) is 0 Å². The van der Waals surface area contributed by atoms with Crippen LogP contribution in [0.3, 0.4) is 0 Å². The summed E-state index contributed by atoms with van der Waals surface area (Å²) in [6.45, 7) is 0. The fourth-order valence-electron chi connectivity index (χ4n) is 2.74. The Morgan fingerprint density at radius 3 is 1.53 bits per heavy atom. The van der Waals surface area contributed by atoms with Crippen LogP contribution in [0.25, 0.3) is 11.1 Å². The van der Waals surface area contributed by atoms with Crippen molar-refractivity contribution >= 4 is 45.2 Å². The van der Waals surface area contributed by atoms with Gasteiger partial charge in [-0.3, -0.25) is 0 Å². The molecule has 0 fully saturated rings. The predicted molar refractivity (Wildman–Crippen MR) is 90.4 cm³/mol. The molecule has 1 aliphatic carbocycles. The van der Waals surface area contributed by atoms with Crippen LogP contribution in [-0.4, -0.2) is 8.86 Å². The maximum absolute atomic E-state index is 2.53. The largest absolute Gasteiger partial charge is 0.0850 e. The van der Waals surface area contributed by atoms with Gasteiger partial charge in [0.1, 0.15) is 0 Å². The third-order valence-corrected chi connectivity index (χ3v) is 6.24. The maximum atomic E-state index is 2.53. The lowest BCUT2D eigenvalue weighted by Crippen LogP contribution is -2.28. The Labute approximate surface area is 129 Å². The van der Waals surface area contributed by atoms with E-state index < -0.39 is 0 Å². The van der Waals surface area contributed by atoms with E-state index in [1.165, 1.54) is 22.3 Å². The van der Waals surface area contributed by atoms with Crippen LogP contribution in [0.5, 0.6) is 0 Å². The average Bonchev–Trinajstić information content (AvgIpc) is 2.70. The molecule has 2 aromatic carbocycles. The van der Waals surface area contributed by atoms with E-state index >= 15 is 0 Å². The van der Waals surface area contributed by atoms with Crippen molar-refractivity contribution in [3.05, 3.63) is 59.7 Å². The minimum absolute atomic E-state index is 0.217. The first kappa shape index (κ1) is 12.0. The highest BCUT2D eigenvalue weighted by atomic mass is 127. The topological polar surface area (TPSA) is 0 Å². The van der Waals surface area contributed by atoms with Crippen LogP contribution in [0.2, 0.25) is 0 Å². The van der Waals surface area contributed by atoms with Gasteiger partial charge in [-0.1, -0.05) is 93.7 Å². The van der Waals surface area contributed by atoms with Crippen LogP contribution in [0.15, 0.2) is 48.5 Å². The number of rotatable bonds is 2. The smallest absolute Gasteiger partial charge is 0.0393 e. The number of fused-ring (bicyclic) bond motifs is 3. The molecule has 0 saturated carbocycles. The molecule has 0 saturated heterocycles. The minimum Gasteiger partial charge on any atom is -0.0850 e. The van der Waals surface area contributed by atoms with Crippen molar-refractivity contribution in [2.24, 2.45) is 0 Å². The molecule has 17 heavy (non-hydrogen) atoms. The van der Waals surface area contributed by atoms with Crippen LogP contribution in [0.4, 0.5) is 0 Å². The van der Waals surface area contributed by atoms with E-state index in [1.807, 2.05) is 0 Å². The van der Waals surface area contributed by atoms with Crippen LogP contribution < -0.4 is 0 Å². The molecule has 0 spiro atoms. The second kappa shape index (κ2) is 4.53. The van der Waals surface area contributed by atoms with Gasteiger partial charge in [-0.2, -0.15) is 0 Å². The van der Waals surface area contributed by atoms with E-state index in [0.29, 0.717) is 0 Å². The lowest BCUT2D eigenvalue weighted by Gasteiger charge is -2.27. The van der Waals surface area contributed by atoms with E-state index in [4.69, 9.17) is 0 Å². The lowest BCUT2D eigenvalue weighted by molar-refractivity contribution is 0.709. The zero-order valence-corrected chi connectivity index (χ0v) is 13.6. The van der Waals surface area contributed by atoms with E-state index in [9.17, 15) is 0 Å². The number of halogens is 2. The summed E-state index contributed by atoms with van der Waals surface area (Å²) in [5, 5.41) is 0. The quantitative estimate of drug-likeness (QED) is 0.459. The first-order valence-corrected chi connectivity index (χ1v) is 8.70. The number of alkyl halides is 2. The summed E-state index contributed by atoms with van der Waals surface area (Å²) in [5.74, 6) is 0. The fourth-order valence-corrected chi connectivity index (χ4v) is 5.95. The Bertz CT molecular complexity index is 509. The molecule has 0 heterocycles. The van der Waals surface area contributed by atoms with Gasteiger partial charge in [-0.25, -0.2) is 0 Å². The van der Waals surface area contributed by atoms with Gasteiger partial charge in [0.15, 0.2) is 0 Å². The highest BCUT2D eigenvalue weighted by molar-refractivity contribution is 14.1. The summed E-state index contributed by atoms with van der Waals surface area (Å²) in [4.78, 5) is 0. The molecule has 2 heteroatoms.